The van der Waals surface area contributed by atoms with Crippen molar-refractivity contribution in [3.8, 4) is 0 Å². The Morgan fingerprint density at radius 1 is 1.42 bits per heavy atom. The Hall–Kier alpha value is -2.26. The lowest BCUT2D eigenvalue weighted by molar-refractivity contribution is 0.248. The molecule has 7 nitrogen and oxygen atoms in total. The van der Waals surface area contributed by atoms with Crippen LogP contribution in [-0.2, 0) is 0 Å². The third-order valence-corrected chi connectivity index (χ3v) is 5.60. The molecule has 2 amide bonds. The summed E-state index contributed by atoms with van der Waals surface area (Å²) in [4.78, 5) is 34.9. The van der Waals surface area contributed by atoms with Crippen molar-refractivity contribution >= 4 is 39.4 Å². The van der Waals surface area contributed by atoms with Gasteiger partial charge in [0.05, 0.1) is 17.9 Å². The fourth-order valence-corrected chi connectivity index (χ4v) is 3.94. The van der Waals surface area contributed by atoms with E-state index in [4.69, 9.17) is 0 Å². The number of aromatic nitrogens is 3. The summed E-state index contributed by atoms with van der Waals surface area (Å²) in [5.74, 6) is 0. The molecule has 1 atom stereocenters. The summed E-state index contributed by atoms with van der Waals surface area (Å²) in [6.07, 6.45) is 3.72. The van der Waals surface area contributed by atoms with Crippen molar-refractivity contribution in [2.75, 3.05) is 5.32 Å². The number of anilines is 1. The van der Waals surface area contributed by atoms with Gasteiger partial charge in [0.2, 0.25) is 0 Å². The van der Waals surface area contributed by atoms with E-state index in [1.165, 1.54) is 21.9 Å². The van der Waals surface area contributed by atoms with Gasteiger partial charge in [-0.3, -0.25) is 9.20 Å². The maximum atomic E-state index is 12.3. The maximum Gasteiger partial charge on any atom is 0.319 e. The zero-order valence-corrected chi connectivity index (χ0v) is 15.1. The van der Waals surface area contributed by atoms with E-state index in [9.17, 15) is 9.59 Å². The minimum atomic E-state index is -0.443. The Labute approximate surface area is 146 Å². The zero-order chi connectivity index (χ0) is 17.3. The monoisotopic (exact) mass is 363 g/mol. The highest BCUT2D eigenvalue weighted by molar-refractivity contribution is 7.15. The molecule has 0 aliphatic rings. The fraction of sp³-hybridized carbons (Fsp3) is 0.333. The van der Waals surface area contributed by atoms with Crippen LogP contribution in [-0.4, -0.2) is 20.4 Å². The summed E-state index contributed by atoms with van der Waals surface area (Å²) >= 11 is 2.93. The van der Waals surface area contributed by atoms with Gasteiger partial charge in [-0.15, -0.1) is 22.7 Å². The lowest BCUT2D eigenvalue weighted by Gasteiger charge is -2.15. The summed E-state index contributed by atoms with van der Waals surface area (Å²) in [5.41, 5.74) is 0.816. The number of hydrogen-bond donors (Lipinski definition) is 2. The van der Waals surface area contributed by atoms with Crippen molar-refractivity contribution < 1.29 is 4.79 Å². The van der Waals surface area contributed by atoms with Gasteiger partial charge in [-0.2, -0.15) is 0 Å². The van der Waals surface area contributed by atoms with Crippen LogP contribution >= 0.6 is 22.7 Å². The van der Waals surface area contributed by atoms with Crippen molar-refractivity contribution in [2.45, 2.75) is 33.2 Å². The highest BCUT2D eigenvalue weighted by atomic mass is 32.1. The van der Waals surface area contributed by atoms with Gasteiger partial charge in [0.15, 0.2) is 4.96 Å². The minimum absolute atomic E-state index is 0.143. The molecular weight excluding hydrogens is 346 g/mol. The van der Waals surface area contributed by atoms with E-state index in [-0.39, 0.29) is 17.3 Å². The molecule has 3 heterocycles. The van der Waals surface area contributed by atoms with Crippen LogP contribution in [0.3, 0.4) is 0 Å². The normalized spacial score (nSPS) is 12.3. The molecule has 3 aromatic rings. The first-order valence-electron chi connectivity index (χ1n) is 7.46. The second kappa shape index (κ2) is 6.70. The van der Waals surface area contributed by atoms with Crippen LogP contribution in [0.2, 0.25) is 0 Å². The van der Waals surface area contributed by atoms with Gasteiger partial charge in [-0.25, -0.2) is 14.8 Å². The Balaban J connectivity index is 1.76. The van der Waals surface area contributed by atoms with E-state index in [0.29, 0.717) is 11.4 Å². The first-order chi connectivity index (χ1) is 11.5. The zero-order valence-electron chi connectivity index (χ0n) is 13.5. The molecule has 0 saturated heterocycles. The van der Waals surface area contributed by atoms with E-state index in [1.807, 2.05) is 20.8 Å². The highest BCUT2D eigenvalue weighted by Gasteiger charge is 2.18. The third kappa shape index (κ3) is 3.17. The number of carbonyl (C=O) groups excluding carboxylic acids is 1. The molecular formula is C15H17N5O2S2. The Morgan fingerprint density at radius 2 is 2.21 bits per heavy atom. The summed E-state index contributed by atoms with van der Waals surface area (Å²) in [7, 11) is 0. The number of amides is 2. The predicted molar refractivity (Wildman–Crippen MR) is 96.1 cm³/mol. The van der Waals surface area contributed by atoms with E-state index in [0.717, 1.165) is 15.6 Å². The lowest BCUT2D eigenvalue weighted by atomic mass is 10.2. The first-order valence-corrected chi connectivity index (χ1v) is 9.15. The van der Waals surface area contributed by atoms with Crippen LogP contribution in [0.1, 0.15) is 35.0 Å². The number of carbonyl (C=O) groups is 1. The molecule has 0 saturated carbocycles. The van der Waals surface area contributed by atoms with E-state index in [2.05, 4.69) is 20.6 Å². The van der Waals surface area contributed by atoms with Gasteiger partial charge in [-0.1, -0.05) is 6.92 Å². The maximum absolute atomic E-state index is 12.3. The van der Waals surface area contributed by atoms with Gasteiger partial charge in [0, 0.05) is 16.5 Å². The lowest BCUT2D eigenvalue weighted by Crippen LogP contribution is -2.34. The van der Waals surface area contributed by atoms with E-state index < -0.39 is 6.03 Å². The second-order valence-electron chi connectivity index (χ2n) is 5.29. The molecule has 9 heteroatoms. The Morgan fingerprint density at radius 3 is 2.88 bits per heavy atom. The molecule has 3 rings (SSSR count). The molecule has 3 aromatic heterocycles. The van der Waals surface area contributed by atoms with Gasteiger partial charge < -0.3 is 10.6 Å². The van der Waals surface area contributed by atoms with Crippen LogP contribution in [0.15, 0.2) is 22.6 Å². The number of urea groups is 1. The summed E-state index contributed by atoms with van der Waals surface area (Å²) in [6.45, 7) is 5.93. The number of fused-ring (bicyclic) bond motifs is 1. The van der Waals surface area contributed by atoms with E-state index in [1.54, 1.807) is 22.9 Å². The van der Waals surface area contributed by atoms with Crippen LogP contribution in [0, 0.1) is 13.8 Å². The summed E-state index contributed by atoms with van der Waals surface area (Å²) < 4.78 is 1.41. The van der Waals surface area contributed by atoms with Crippen molar-refractivity contribution in [3.63, 3.8) is 0 Å². The largest absolute Gasteiger partial charge is 0.329 e. The van der Waals surface area contributed by atoms with Crippen molar-refractivity contribution in [1.82, 2.24) is 19.7 Å². The summed E-state index contributed by atoms with van der Waals surface area (Å²) in [5, 5.41) is 8.09. The standard InChI is InChI=1S/C15H17N5O2S2/c1-4-10(12-17-8(2)9(3)24-12)18-14(22)19-11-7-16-15-20(13(11)21)5-6-23-15/h5-7,10H,4H2,1-3H3,(H2,18,19,22)/t10-/m0/s1. The molecule has 0 aromatic carbocycles. The molecule has 0 spiro atoms. The number of rotatable bonds is 4. The molecule has 2 N–H and O–H groups in total. The second-order valence-corrected chi connectivity index (χ2v) is 7.39. The minimum Gasteiger partial charge on any atom is -0.329 e. The molecule has 0 aliphatic heterocycles. The number of hydrogen-bond acceptors (Lipinski definition) is 6. The smallest absolute Gasteiger partial charge is 0.319 e. The SMILES string of the molecule is CC[C@H](NC(=O)Nc1cnc2sccn2c1=O)c1nc(C)c(C)s1. The molecule has 0 fully saturated rings. The highest BCUT2D eigenvalue weighted by Crippen LogP contribution is 2.24. The van der Waals surface area contributed by atoms with Gasteiger partial charge in [0.1, 0.15) is 10.7 Å². The first kappa shape index (κ1) is 16.6. The molecule has 0 unspecified atom stereocenters. The molecule has 126 valence electrons. The van der Waals surface area contributed by atoms with Crippen LogP contribution in [0.4, 0.5) is 10.5 Å². The third-order valence-electron chi connectivity index (χ3n) is 3.65. The van der Waals surface area contributed by atoms with E-state index >= 15 is 0 Å². The van der Waals surface area contributed by atoms with Crippen LogP contribution in [0.25, 0.3) is 4.96 Å². The van der Waals surface area contributed by atoms with Crippen molar-refractivity contribution in [1.29, 1.82) is 0 Å². The van der Waals surface area contributed by atoms with Crippen LogP contribution < -0.4 is 16.2 Å². The quantitative estimate of drug-likeness (QED) is 0.745. The van der Waals surface area contributed by atoms with Gasteiger partial charge in [0.25, 0.3) is 5.56 Å². The average molecular weight is 363 g/mol. The van der Waals surface area contributed by atoms with Gasteiger partial charge >= 0.3 is 6.03 Å². The molecule has 0 bridgehead atoms. The predicted octanol–water partition coefficient (Wildman–Crippen LogP) is 3.10. The average Bonchev–Trinajstić information content (AvgIpc) is 3.15. The van der Waals surface area contributed by atoms with Crippen molar-refractivity contribution in [2.24, 2.45) is 0 Å². The molecule has 24 heavy (non-hydrogen) atoms. The number of nitrogens with one attached hydrogen (secondary N) is 2. The number of aryl methyl sites for hydroxylation is 2. The number of thiazole rings is 2. The molecule has 0 aliphatic carbocycles. The van der Waals surface area contributed by atoms with Gasteiger partial charge in [-0.05, 0) is 20.3 Å². The Bertz CT molecular complexity index is 923. The van der Waals surface area contributed by atoms with Crippen molar-refractivity contribution in [3.05, 3.63) is 43.7 Å². The summed E-state index contributed by atoms with van der Waals surface area (Å²) in [6, 6.07) is -0.635. The van der Waals surface area contributed by atoms with Crippen LogP contribution in [0.5, 0.6) is 0 Å². The number of nitrogens with zero attached hydrogens (tertiary/aromatic N) is 3. The topological polar surface area (TPSA) is 88.4 Å². The Kier molecular flexibility index (Phi) is 4.63. The molecule has 0 radical (unpaired) electrons. The fourth-order valence-electron chi connectivity index (χ4n) is 2.21.